The van der Waals surface area contributed by atoms with Crippen LogP contribution in [-0.4, -0.2) is 7.11 Å². The van der Waals surface area contributed by atoms with Crippen LogP contribution in [0, 0.1) is 0 Å². The van der Waals surface area contributed by atoms with Crippen molar-refractivity contribution in [3.8, 4) is 5.75 Å². The topological polar surface area (TPSA) is 35.2 Å². The molecule has 2 nitrogen and oxygen atoms in total. The number of ether oxygens (including phenoxy) is 1. The first-order chi connectivity index (χ1) is 9.28. The molecule has 0 aliphatic heterocycles. The maximum atomic E-state index is 6.29. The molecular weight excluding hydrogens is 254 g/mol. The Hall–Kier alpha value is -1.84. The third-order valence-corrected chi connectivity index (χ3v) is 4.24. The van der Waals surface area contributed by atoms with Crippen LogP contribution in [0.3, 0.4) is 0 Å². The third kappa shape index (κ3) is 2.35. The molecule has 2 aromatic carbocycles. The van der Waals surface area contributed by atoms with Gasteiger partial charge >= 0.3 is 0 Å². The Morgan fingerprint density at radius 2 is 1.84 bits per heavy atom. The second-order valence-electron chi connectivity index (χ2n) is 4.47. The predicted molar refractivity (Wildman–Crippen MR) is 80.8 cm³/mol. The Morgan fingerprint density at radius 1 is 1.05 bits per heavy atom. The van der Waals surface area contributed by atoms with Crippen LogP contribution in [0.5, 0.6) is 5.75 Å². The van der Waals surface area contributed by atoms with Crippen LogP contribution < -0.4 is 10.5 Å². The van der Waals surface area contributed by atoms with Crippen LogP contribution in [0.2, 0.25) is 0 Å². The Balaban J connectivity index is 2.02. The van der Waals surface area contributed by atoms with Gasteiger partial charge in [0.25, 0.3) is 0 Å². The van der Waals surface area contributed by atoms with Crippen LogP contribution in [0.25, 0.3) is 10.8 Å². The Morgan fingerprint density at radius 3 is 2.58 bits per heavy atom. The van der Waals surface area contributed by atoms with Gasteiger partial charge in [0, 0.05) is 4.88 Å². The van der Waals surface area contributed by atoms with Gasteiger partial charge in [0.2, 0.25) is 0 Å². The zero-order valence-corrected chi connectivity index (χ0v) is 11.5. The van der Waals surface area contributed by atoms with E-state index in [1.165, 1.54) is 15.6 Å². The second kappa shape index (κ2) is 5.03. The molecular formula is C16H15NOS. The lowest BCUT2D eigenvalue weighted by atomic mass is 10.0. The summed E-state index contributed by atoms with van der Waals surface area (Å²) in [5.41, 5.74) is 7.43. The summed E-state index contributed by atoms with van der Waals surface area (Å²) in [5, 5.41) is 4.41. The molecule has 0 aliphatic rings. The highest BCUT2D eigenvalue weighted by atomic mass is 32.1. The Kier molecular flexibility index (Phi) is 3.23. The molecule has 1 atom stereocenters. The third-order valence-electron chi connectivity index (χ3n) is 3.28. The smallest absolute Gasteiger partial charge is 0.119 e. The molecule has 0 amide bonds. The Labute approximate surface area is 116 Å². The van der Waals surface area contributed by atoms with Crippen molar-refractivity contribution >= 4 is 22.1 Å². The molecule has 0 spiro atoms. The van der Waals surface area contributed by atoms with Crippen LogP contribution in [0.1, 0.15) is 16.5 Å². The second-order valence-corrected chi connectivity index (χ2v) is 5.44. The van der Waals surface area contributed by atoms with Crippen molar-refractivity contribution in [3.63, 3.8) is 0 Å². The van der Waals surface area contributed by atoms with E-state index in [1.807, 2.05) is 18.2 Å². The van der Waals surface area contributed by atoms with Gasteiger partial charge in [-0.2, -0.15) is 0 Å². The molecule has 0 saturated carbocycles. The van der Waals surface area contributed by atoms with E-state index in [0.717, 1.165) is 11.3 Å². The number of thiophene rings is 1. The van der Waals surface area contributed by atoms with E-state index < -0.39 is 0 Å². The van der Waals surface area contributed by atoms with Gasteiger partial charge in [-0.15, -0.1) is 11.3 Å². The first kappa shape index (κ1) is 12.2. The highest BCUT2D eigenvalue weighted by Crippen LogP contribution is 2.28. The molecule has 0 saturated heterocycles. The SMILES string of the molecule is COc1ccc2cc([C@H](N)c3cccs3)ccc2c1. The molecule has 2 N–H and O–H groups in total. The molecule has 0 radical (unpaired) electrons. The predicted octanol–water partition coefficient (Wildman–Crippen LogP) is 3.96. The zero-order valence-electron chi connectivity index (χ0n) is 10.7. The molecule has 3 rings (SSSR count). The minimum Gasteiger partial charge on any atom is -0.497 e. The van der Waals surface area contributed by atoms with Gasteiger partial charge in [0.1, 0.15) is 5.75 Å². The van der Waals surface area contributed by atoms with Crippen molar-refractivity contribution in [3.05, 3.63) is 64.4 Å². The van der Waals surface area contributed by atoms with Crippen molar-refractivity contribution in [1.29, 1.82) is 0 Å². The van der Waals surface area contributed by atoms with Crippen LogP contribution in [0.4, 0.5) is 0 Å². The number of methoxy groups -OCH3 is 1. The number of fused-ring (bicyclic) bond motifs is 1. The van der Waals surface area contributed by atoms with Crippen LogP contribution >= 0.6 is 11.3 Å². The maximum Gasteiger partial charge on any atom is 0.119 e. The summed E-state index contributed by atoms with van der Waals surface area (Å²) in [6.07, 6.45) is 0. The number of rotatable bonds is 3. The van der Waals surface area contributed by atoms with Crippen molar-refractivity contribution in [2.75, 3.05) is 7.11 Å². The lowest BCUT2D eigenvalue weighted by molar-refractivity contribution is 0.415. The van der Waals surface area contributed by atoms with Crippen molar-refractivity contribution in [2.45, 2.75) is 6.04 Å². The summed E-state index contributed by atoms with van der Waals surface area (Å²) in [7, 11) is 1.68. The minimum absolute atomic E-state index is 0.0495. The van der Waals surface area contributed by atoms with E-state index in [4.69, 9.17) is 10.5 Å². The molecule has 0 aliphatic carbocycles. The van der Waals surface area contributed by atoms with Gasteiger partial charge in [-0.3, -0.25) is 0 Å². The van der Waals surface area contributed by atoms with E-state index in [0.29, 0.717) is 0 Å². The van der Waals surface area contributed by atoms with E-state index in [9.17, 15) is 0 Å². The van der Waals surface area contributed by atoms with Gasteiger partial charge in [-0.1, -0.05) is 24.3 Å². The van der Waals surface area contributed by atoms with Gasteiger partial charge in [0.05, 0.1) is 13.2 Å². The van der Waals surface area contributed by atoms with E-state index in [-0.39, 0.29) is 6.04 Å². The first-order valence-corrected chi connectivity index (χ1v) is 7.02. The number of nitrogens with two attached hydrogens (primary N) is 1. The fourth-order valence-electron chi connectivity index (χ4n) is 2.20. The fraction of sp³-hybridized carbons (Fsp3) is 0.125. The molecule has 0 bridgehead atoms. The van der Waals surface area contributed by atoms with Gasteiger partial charge in [0.15, 0.2) is 0 Å². The summed E-state index contributed by atoms with van der Waals surface area (Å²) in [5.74, 6) is 0.878. The molecule has 1 heterocycles. The minimum atomic E-state index is -0.0495. The largest absolute Gasteiger partial charge is 0.497 e. The van der Waals surface area contributed by atoms with Gasteiger partial charge < -0.3 is 10.5 Å². The van der Waals surface area contributed by atoms with E-state index in [1.54, 1.807) is 18.4 Å². The van der Waals surface area contributed by atoms with Crippen LogP contribution in [-0.2, 0) is 0 Å². The number of hydrogen-bond donors (Lipinski definition) is 1. The van der Waals surface area contributed by atoms with Crippen molar-refractivity contribution in [1.82, 2.24) is 0 Å². The van der Waals surface area contributed by atoms with Crippen LogP contribution in [0.15, 0.2) is 53.9 Å². The van der Waals surface area contributed by atoms with Crippen molar-refractivity contribution < 1.29 is 4.74 Å². The molecule has 1 aromatic heterocycles. The average molecular weight is 269 g/mol. The van der Waals surface area contributed by atoms with Gasteiger partial charge in [-0.25, -0.2) is 0 Å². The lowest BCUT2D eigenvalue weighted by Crippen LogP contribution is -2.09. The number of benzene rings is 2. The number of hydrogen-bond acceptors (Lipinski definition) is 3. The fourth-order valence-corrected chi connectivity index (χ4v) is 2.95. The lowest BCUT2D eigenvalue weighted by Gasteiger charge is -2.11. The summed E-state index contributed by atoms with van der Waals surface area (Å²) in [4.78, 5) is 1.19. The molecule has 3 heteroatoms. The highest BCUT2D eigenvalue weighted by Gasteiger charge is 2.10. The quantitative estimate of drug-likeness (QED) is 0.781. The molecule has 0 unspecified atom stereocenters. The molecule has 0 fully saturated rings. The normalized spacial score (nSPS) is 12.5. The van der Waals surface area contributed by atoms with E-state index >= 15 is 0 Å². The summed E-state index contributed by atoms with van der Waals surface area (Å²) in [6.45, 7) is 0. The van der Waals surface area contributed by atoms with Gasteiger partial charge in [-0.05, 0) is 46.0 Å². The average Bonchev–Trinajstić information content (AvgIpc) is 2.99. The Bertz CT molecular complexity index is 691. The summed E-state index contributed by atoms with van der Waals surface area (Å²) in [6, 6.07) is 16.5. The van der Waals surface area contributed by atoms with Crippen molar-refractivity contribution in [2.24, 2.45) is 5.73 Å². The maximum absolute atomic E-state index is 6.29. The molecule has 96 valence electrons. The summed E-state index contributed by atoms with van der Waals surface area (Å²) < 4.78 is 5.24. The molecule has 19 heavy (non-hydrogen) atoms. The first-order valence-electron chi connectivity index (χ1n) is 6.14. The highest BCUT2D eigenvalue weighted by molar-refractivity contribution is 7.10. The standard InChI is InChI=1S/C16H15NOS/c1-18-14-7-6-11-9-13(5-4-12(11)10-14)16(17)15-3-2-8-19-15/h2-10,16H,17H2,1H3/t16-/m0/s1. The van der Waals surface area contributed by atoms with E-state index in [2.05, 4.69) is 35.7 Å². The monoisotopic (exact) mass is 269 g/mol. The summed E-state index contributed by atoms with van der Waals surface area (Å²) >= 11 is 1.69. The zero-order chi connectivity index (χ0) is 13.2. The molecule has 3 aromatic rings.